The fraction of sp³-hybridized carbons (Fsp3) is 1.00. The van der Waals surface area contributed by atoms with Gasteiger partial charge in [-0.1, -0.05) is 6.42 Å². The normalized spacial score (nSPS) is 35.6. The van der Waals surface area contributed by atoms with Crippen LogP contribution < -0.4 is 4.90 Å². The fourth-order valence-corrected chi connectivity index (χ4v) is 2.91. The SMILES string of the molecule is CC1CN(C)CC[NH+]1CN1CCCCC1. The molecule has 0 radical (unpaired) electrons. The second-order valence-corrected chi connectivity index (χ2v) is 5.41. The van der Waals surface area contributed by atoms with E-state index in [2.05, 4.69) is 23.8 Å². The van der Waals surface area contributed by atoms with Crippen LogP contribution in [0.25, 0.3) is 0 Å². The van der Waals surface area contributed by atoms with Crippen LogP contribution in [0, 0.1) is 0 Å². The Morgan fingerprint density at radius 2 is 1.87 bits per heavy atom. The van der Waals surface area contributed by atoms with Crippen molar-refractivity contribution >= 4 is 0 Å². The predicted molar refractivity (Wildman–Crippen MR) is 63.1 cm³/mol. The van der Waals surface area contributed by atoms with E-state index in [-0.39, 0.29) is 0 Å². The van der Waals surface area contributed by atoms with E-state index in [1.165, 1.54) is 58.7 Å². The third-order valence-corrected chi connectivity index (χ3v) is 3.97. The predicted octanol–water partition coefficient (Wildman–Crippen LogP) is -0.351. The number of likely N-dealkylation sites (tertiary alicyclic amines) is 1. The molecule has 0 aromatic heterocycles. The molecule has 3 heteroatoms. The summed E-state index contributed by atoms with van der Waals surface area (Å²) in [5, 5.41) is 0. The van der Waals surface area contributed by atoms with Gasteiger partial charge in [0.05, 0.1) is 19.1 Å². The Bertz CT molecular complexity index is 189. The first kappa shape index (κ1) is 11.4. The maximum atomic E-state index is 2.67. The van der Waals surface area contributed by atoms with Gasteiger partial charge in [-0.3, -0.25) is 9.80 Å². The lowest BCUT2D eigenvalue weighted by atomic mass is 10.1. The highest BCUT2D eigenvalue weighted by molar-refractivity contribution is 4.64. The number of rotatable bonds is 2. The molecule has 3 nitrogen and oxygen atoms in total. The van der Waals surface area contributed by atoms with E-state index >= 15 is 0 Å². The lowest BCUT2D eigenvalue weighted by Gasteiger charge is -2.38. The minimum absolute atomic E-state index is 0.811. The van der Waals surface area contributed by atoms with Crippen molar-refractivity contribution in [3.05, 3.63) is 0 Å². The van der Waals surface area contributed by atoms with Gasteiger partial charge in [-0.15, -0.1) is 0 Å². The number of hydrogen-bond acceptors (Lipinski definition) is 2. The van der Waals surface area contributed by atoms with Gasteiger partial charge in [-0.2, -0.15) is 0 Å². The first-order valence-electron chi connectivity index (χ1n) is 6.51. The van der Waals surface area contributed by atoms with Gasteiger partial charge in [-0.05, 0) is 26.8 Å². The van der Waals surface area contributed by atoms with Gasteiger partial charge in [0.1, 0.15) is 6.67 Å². The van der Waals surface area contributed by atoms with E-state index < -0.39 is 0 Å². The van der Waals surface area contributed by atoms with Crippen molar-refractivity contribution in [1.82, 2.24) is 9.80 Å². The summed E-state index contributed by atoms with van der Waals surface area (Å²) in [7, 11) is 2.24. The van der Waals surface area contributed by atoms with Gasteiger partial charge in [0.15, 0.2) is 0 Å². The zero-order chi connectivity index (χ0) is 10.7. The first-order valence-corrected chi connectivity index (χ1v) is 6.51. The molecule has 2 heterocycles. The van der Waals surface area contributed by atoms with Crippen molar-refractivity contribution in [3.8, 4) is 0 Å². The standard InChI is InChI=1S/C12H25N3/c1-12-10-13(2)8-9-15(12)11-14-6-4-3-5-7-14/h12H,3-11H2,1-2H3/p+1. The number of hydrogen-bond donors (Lipinski definition) is 1. The van der Waals surface area contributed by atoms with Gasteiger partial charge in [0, 0.05) is 19.6 Å². The van der Waals surface area contributed by atoms with Crippen LogP contribution >= 0.6 is 0 Å². The summed E-state index contributed by atoms with van der Waals surface area (Å²) < 4.78 is 0. The number of likely N-dealkylation sites (N-methyl/N-ethyl adjacent to an activating group) is 1. The van der Waals surface area contributed by atoms with E-state index in [1.54, 1.807) is 4.90 Å². The summed E-state index contributed by atoms with van der Waals surface area (Å²) in [5.74, 6) is 0. The molecule has 2 saturated heterocycles. The summed E-state index contributed by atoms with van der Waals surface area (Å²) in [6.45, 7) is 10.2. The van der Waals surface area contributed by atoms with Crippen LogP contribution in [0.2, 0.25) is 0 Å². The summed E-state index contributed by atoms with van der Waals surface area (Å²) >= 11 is 0. The maximum absolute atomic E-state index is 2.67. The smallest absolute Gasteiger partial charge is 0.133 e. The average molecular weight is 212 g/mol. The van der Waals surface area contributed by atoms with E-state index in [0.29, 0.717) is 0 Å². The average Bonchev–Trinajstić information content (AvgIpc) is 2.24. The minimum Gasteiger partial charge on any atom is -0.318 e. The van der Waals surface area contributed by atoms with Crippen LogP contribution in [0.4, 0.5) is 0 Å². The second kappa shape index (κ2) is 5.28. The van der Waals surface area contributed by atoms with Crippen molar-refractivity contribution in [2.24, 2.45) is 0 Å². The second-order valence-electron chi connectivity index (χ2n) is 5.41. The van der Waals surface area contributed by atoms with Crippen LogP contribution in [-0.2, 0) is 0 Å². The Morgan fingerprint density at radius 3 is 2.53 bits per heavy atom. The molecule has 2 unspecified atom stereocenters. The molecule has 2 rings (SSSR count). The Hall–Kier alpha value is -0.120. The summed E-state index contributed by atoms with van der Waals surface area (Å²) in [6, 6.07) is 0.811. The van der Waals surface area contributed by atoms with E-state index in [4.69, 9.17) is 0 Å². The lowest BCUT2D eigenvalue weighted by molar-refractivity contribution is -0.937. The summed E-state index contributed by atoms with van der Waals surface area (Å²) in [6.07, 6.45) is 4.28. The number of quaternary nitrogens is 1. The molecule has 0 aromatic rings. The number of piperazine rings is 1. The quantitative estimate of drug-likeness (QED) is 0.671. The van der Waals surface area contributed by atoms with E-state index in [9.17, 15) is 0 Å². The van der Waals surface area contributed by atoms with Crippen molar-refractivity contribution in [2.75, 3.05) is 46.4 Å². The first-order chi connectivity index (χ1) is 7.25. The molecular formula is C12H26N3+. The molecule has 2 aliphatic rings. The van der Waals surface area contributed by atoms with E-state index in [0.717, 1.165) is 6.04 Å². The topological polar surface area (TPSA) is 10.9 Å². The highest BCUT2D eigenvalue weighted by Crippen LogP contribution is 2.06. The van der Waals surface area contributed by atoms with Crippen molar-refractivity contribution in [1.29, 1.82) is 0 Å². The molecule has 0 spiro atoms. The molecule has 15 heavy (non-hydrogen) atoms. The zero-order valence-corrected chi connectivity index (χ0v) is 10.3. The molecule has 0 aliphatic carbocycles. The van der Waals surface area contributed by atoms with Gasteiger partial charge < -0.3 is 4.90 Å². The number of nitrogens with zero attached hydrogens (tertiary/aromatic N) is 2. The van der Waals surface area contributed by atoms with E-state index in [1.807, 2.05) is 0 Å². The van der Waals surface area contributed by atoms with Crippen LogP contribution in [-0.4, -0.2) is 62.3 Å². The Labute approximate surface area is 94.0 Å². The number of nitrogens with one attached hydrogen (secondary N) is 1. The van der Waals surface area contributed by atoms with Crippen LogP contribution in [0.1, 0.15) is 26.2 Å². The lowest BCUT2D eigenvalue weighted by Crippen LogP contribution is -3.19. The van der Waals surface area contributed by atoms with Gasteiger partial charge in [0.25, 0.3) is 0 Å². The molecule has 0 aromatic carbocycles. The fourth-order valence-electron chi connectivity index (χ4n) is 2.91. The highest BCUT2D eigenvalue weighted by Gasteiger charge is 2.26. The molecule has 0 saturated carbocycles. The highest BCUT2D eigenvalue weighted by atomic mass is 15.4. The molecule has 88 valence electrons. The van der Waals surface area contributed by atoms with Crippen LogP contribution in [0.5, 0.6) is 0 Å². The van der Waals surface area contributed by atoms with Crippen molar-refractivity contribution < 1.29 is 4.90 Å². The zero-order valence-electron chi connectivity index (χ0n) is 10.3. The molecular weight excluding hydrogens is 186 g/mol. The minimum atomic E-state index is 0.811. The Kier molecular flexibility index (Phi) is 4.00. The van der Waals surface area contributed by atoms with Gasteiger partial charge in [0.2, 0.25) is 0 Å². The molecule has 0 bridgehead atoms. The maximum Gasteiger partial charge on any atom is 0.133 e. The van der Waals surface area contributed by atoms with Crippen LogP contribution in [0.3, 0.4) is 0 Å². The van der Waals surface area contributed by atoms with Crippen molar-refractivity contribution in [3.63, 3.8) is 0 Å². The van der Waals surface area contributed by atoms with Gasteiger partial charge >= 0.3 is 0 Å². The van der Waals surface area contributed by atoms with Crippen molar-refractivity contribution in [2.45, 2.75) is 32.2 Å². The number of piperidine rings is 1. The Balaban J connectivity index is 1.77. The molecule has 2 atom stereocenters. The monoisotopic (exact) mass is 212 g/mol. The summed E-state index contributed by atoms with van der Waals surface area (Å²) in [4.78, 5) is 6.93. The largest absolute Gasteiger partial charge is 0.318 e. The summed E-state index contributed by atoms with van der Waals surface area (Å²) in [5.41, 5.74) is 0. The Morgan fingerprint density at radius 1 is 1.13 bits per heavy atom. The molecule has 0 amide bonds. The van der Waals surface area contributed by atoms with Crippen LogP contribution in [0.15, 0.2) is 0 Å². The van der Waals surface area contributed by atoms with Gasteiger partial charge in [-0.25, -0.2) is 0 Å². The third kappa shape index (κ3) is 3.16. The molecule has 1 N–H and O–H groups in total. The molecule has 2 fully saturated rings. The third-order valence-electron chi connectivity index (χ3n) is 3.97. The molecule has 2 aliphatic heterocycles.